The molecule has 28 heavy (non-hydrogen) atoms. The van der Waals surface area contributed by atoms with Crippen LogP contribution in [0.25, 0.3) is 0 Å². The Labute approximate surface area is 169 Å². The predicted molar refractivity (Wildman–Crippen MR) is 111 cm³/mol. The third-order valence-corrected chi connectivity index (χ3v) is 7.12. The van der Waals surface area contributed by atoms with E-state index in [9.17, 15) is 9.59 Å². The smallest absolute Gasteiger partial charge is 0.337 e. The summed E-state index contributed by atoms with van der Waals surface area (Å²) in [4.78, 5) is 25.9. The normalized spacial score (nSPS) is 21.2. The Balaban J connectivity index is 1.59. The van der Waals surface area contributed by atoms with Crippen LogP contribution >= 0.6 is 11.3 Å². The molecule has 0 radical (unpaired) electrons. The van der Waals surface area contributed by atoms with Crippen LogP contribution in [-0.4, -0.2) is 19.0 Å². The molecule has 148 valence electrons. The number of anilines is 1. The summed E-state index contributed by atoms with van der Waals surface area (Å²) < 4.78 is 4.74. The molecule has 1 aliphatic heterocycles. The lowest BCUT2D eigenvalue weighted by Crippen LogP contribution is -2.38. The summed E-state index contributed by atoms with van der Waals surface area (Å²) in [6, 6.07) is 7.13. The first-order chi connectivity index (χ1) is 13.3. The van der Waals surface area contributed by atoms with Gasteiger partial charge in [-0.2, -0.15) is 0 Å². The lowest BCUT2D eigenvalue weighted by molar-refractivity contribution is 0.0600. The minimum absolute atomic E-state index is 0.0116. The Morgan fingerprint density at radius 3 is 2.54 bits per heavy atom. The molecule has 5 nitrogen and oxygen atoms in total. The molecule has 0 fully saturated rings. The SMILES string of the molecule is COC(=O)c1ccc([C@@H]2NC(=O)c3c(sc4c3CC[C@@H](C(C)(C)C)C4)N2)cc1. The van der Waals surface area contributed by atoms with Crippen molar-refractivity contribution in [3.8, 4) is 0 Å². The van der Waals surface area contributed by atoms with Gasteiger partial charge in [-0.15, -0.1) is 11.3 Å². The maximum Gasteiger partial charge on any atom is 0.337 e. The Bertz CT molecular complexity index is 924. The van der Waals surface area contributed by atoms with E-state index < -0.39 is 0 Å². The largest absolute Gasteiger partial charge is 0.465 e. The van der Waals surface area contributed by atoms with Crippen LogP contribution in [0, 0.1) is 11.3 Å². The maximum absolute atomic E-state index is 12.9. The quantitative estimate of drug-likeness (QED) is 0.729. The molecule has 1 aromatic heterocycles. The van der Waals surface area contributed by atoms with Crippen LogP contribution in [0.5, 0.6) is 0 Å². The van der Waals surface area contributed by atoms with Gasteiger partial charge in [0, 0.05) is 4.88 Å². The number of hydrogen-bond donors (Lipinski definition) is 2. The topological polar surface area (TPSA) is 67.4 Å². The number of ether oxygens (including phenoxy) is 1. The van der Waals surface area contributed by atoms with Crippen LogP contribution in [0.15, 0.2) is 24.3 Å². The molecule has 0 saturated carbocycles. The fourth-order valence-electron chi connectivity index (χ4n) is 4.13. The first-order valence-electron chi connectivity index (χ1n) is 9.68. The molecule has 4 rings (SSSR count). The van der Waals surface area contributed by atoms with Gasteiger partial charge in [0.05, 0.1) is 18.2 Å². The van der Waals surface area contributed by atoms with Crippen LogP contribution in [0.2, 0.25) is 0 Å². The Morgan fingerprint density at radius 1 is 1.18 bits per heavy atom. The number of amides is 1. The molecule has 1 aromatic carbocycles. The van der Waals surface area contributed by atoms with Crippen LogP contribution in [0.4, 0.5) is 5.00 Å². The Morgan fingerprint density at radius 2 is 1.89 bits per heavy atom. The summed E-state index contributed by atoms with van der Waals surface area (Å²) in [6.45, 7) is 6.90. The van der Waals surface area contributed by atoms with E-state index in [1.54, 1.807) is 23.5 Å². The van der Waals surface area contributed by atoms with Gasteiger partial charge in [-0.05, 0) is 53.9 Å². The van der Waals surface area contributed by atoms with Gasteiger partial charge in [0.1, 0.15) is 11.2 Å². The zero-order valence-corrected chi connectivity index (χ0v) is 17.5. The van der Waals surface area contributed by atoms with Gasteiger partial charge in [0.15, 0.2) is 0 Å². The van der Waals surface area contributed by atoms with Crippen LogP contribution in [0.1, 0.15) is 70.1 Å². The molecule has 1 amide bonds. The van der Waals surface area contributed by atoms with E-state index in [0.717, 1.165) is 35.4 Å². The highest BCUT2D eigenvalue weighted by atomic mass is 32.1. The molecule has 1 aliphatic carbocycles. The number of carbonyl (C=O) groups excluding carboxylic acids is 2. The van der Waals surface area contributed by atoms with Crippen LogP contribution in [0.3, 0.4) is 0 Å². The maximum atomic E-state index is 12.9. The lowest BCUT2D eigenvalue weighted by atomic mass is 9.72. The number of carbonyl (C=O) groups is 2. The fraction of sp³-hybridized carbons (Fsp3) is 0.455. The van der Waals surface area contributed by atoms with Gasteiger partial charge in [-0.3, -0.25) is 4.79 Å². The molecule has 6 heteroatoms. The van der Waals surface area contributed by atoms with Crippen molar-refractivity contribution in [3.05, 3.63) is 51.4 Å². The first kappa shape index (κ1) is 19.0. The van der Waals surface area contributed by atoms with E-state index in [-0.39, 0.29) is 23.5 Å². The second-order valence-electron chi connectivity index (χ2n) is 8.68. The van der Waals surface area contributed by atoms with Crippen LogP contribution < -0.4 is 10.6 Å². The molecule has 0 unspecified atom stereocenters. The van der Waals surface area contributed by atoms with Crippen molar-refractivity contribution >= 4 is 28.2 Å². The van der Waals surface area contributed by atoms with Gasteiger partial charge >= 0.3 is 5.97 Å². The molecule has 2 atom stereocenters. The summed E-state index contributed by atoms with van der Waals surface area (Å²) >= 11 is 1.73. The van der Waals surface area contributed by atoms with Crippen LogP contribution in [-0.2, 0) is 17.6 Å². The summed E-state index contributed by atoms with van der Waals surface area (Å²) in [6.07, 6.45) is 2.84. The third kappa shape index (κ3) is 3.30. The molecule has 0 saturated heterocycles. The monoisotopic (exact) mass is 398 g/mol. The first-order valence-corrected chi connectivity index (χ1v) is 10.5. The Hall–Kier alpha value is -2.34. The summed E-state index contributed by atoms with van der Waals surface area (Å²) in [5, 5.41) is 7.52. The van der Waals surface area contributed by atoms with E-state index in [2.05, 4.69) is 31.4 Å². The van der Waals surface area contributed by atoms with Crippen molar-refractivity contribution in [1.82, 2.24) is 5.32 Å². The van der Waals surface area contributed by atoms with Crippen molar-refractivity contribution < 1.29 is 14.3 Å². The molecule has 2 heterocycles. The number of esters is 1. The number of nitrogens with one attached hydrogen (secondary N) is 2. The molecule has 0 spiro atoms. The molecular formula is C22H26N2O3S. The summed E-state index contributed by atoms with van der Waals surface area (Å²) in [7, 11) is 1.36. The molecular weight excluding hydrogens is 372 g/mol. The number of fused-ring (bicyclic) bond motifs is 3. The second-order valence-corrected chi connectivity index (χ2v) is 9.78. The number of rotatable bonds is 2. The van der Waals surface area contributed by atoms with Gasteiger partial charge in [-0.1, -0.05) is 32.9 Å². The minimum Gasteiger partial charge on any atom is -0.465 e. The minimum atomic E-state index is -0.367. The zero-order valence-electron chi connectivity index (χ0n) is 16.7. The fourth-order valence-corrected chi connectivity index (χ4v) is 5.49. The van der Waals surface area contributed by atoms with E-state index >= 15 is 0 Å². The third-order valence-electron chi connectivity index (χ3n) is 5.93. The van der Waals surface area contributed by atoms with E-state index in [1.165, 1.54) is 17.6 Å². The van der Waals surface area contributed by atoms with Crippen molar-refractivity contribution in [2.75, 3.05) is 12.4 Å². The lowest BCUT2D eigenvalue weighted by Gasteiger charge is -2.34. The molecule has 2 aromatic rings. The average molecular weight is 399 g/mol. The van der Waals surface area contributed by atoms with Crippen molar-refractivity contribution in [3.63, 3.8) is 0 Å². The predicted octanol–water partition coefficient (Wildman–Crippen LogP) is 4.54. The molecule has 2 N–H and O–H groups in total. The van der Waals surface area contributed by atoms with Crippen molar-refractivity contribution in [1.29, 1.82) is 0 Å². The van der Waals surface area contributed by atoms with E-state index in [1.807, 2.05) is 12.1 Å². The highest BCUT2D eigenvalue weighted by Crippen LogP contribution is 2.45. The van der Waals surface area contributed by atoms with E-state index in [4.69, 9.17) is 4.74 Å². The highest BCUT2D eigenvalue weighted by molar-refractivity contribution is 7.16. The molecule has 2 aliphatic rings. The number of hydrogen-bond acceptors (Lipinski definition) is 5. The second kappa shape index (κ2) is 6.92. The summed E-state index contributed by atoms with van der Waals surface area (Å²) in [5.74, 6) is 0.265. The van der Waals surface area contributed by atoms with E-state index in [0.29, 0.717) is 11.5 Å². The standard InChI is InChI=1S/C22H26N2O3S/c1-22(2,3)14-9-10-15-16(11-14)28-20-17(15)19(25)23-18(24-20)12-5-7-13(8-6-12)21(26)27-4/h5-8,14,18,24H,9-11H2,1-4H3,(H,23,25)/t14-,18-/m1/s1. The Kier molecular flexibility index (Phi) is 4.70. The van der Waals surface area contributed by atoms with Gasteiger partial charge < -0.3 is 15.4 Å². The molecule has 0 bridgehead atoms. The highest BCUT2D eigenvalue weighted by Gasteiger charge is 2.36. The number of methoxy groups -OCH3 is 1. The number of thiophene rings is 1. The van der Waals surface area contributed by atoms with Gasteiger partial charge in [0.2, 0.25) is 0 Å². The summed E-state index contributed by atoms with van der Waals surface area (Å²) in [5.41, 5.74) is 3.74. The zero-order chi connectivity index (χ0) is 20.1. The van der Waals surface area contributed by atoms with Crippen molar-refractivity contribution in [2.24, 2.45) is 11.3 Å². The number of benzene rings is 1. The van der Waals surface area contributed by atoms with Gasteiger partial charge in [-0.25, -0.2) is 4.79 Å². The average Bonchev–Trinajstić information content (AvgIpc) is 3.04. The van der Waals surface area contributed by atoms with Crippen molar-refractivity contribution in [2.45, 2.75) is 46.2 Å². The van der Waals surface area contributed by atoms with Gasteiger partial charge in [0.25, 0.3) is 5.91 Å².